The zero-order valence-corrected chi connectivity index (χ0v) is 12.3. The van der Waals surface area contributed by atoms with Gasteiger partial charge in [-0.1, -0.05) is 48.5 Å². The molecule has 5 heteroatoms. The van der Waals surface area contributed by atoms with Gasteiger partial charge < -0.3 is 0 Å². The van der Waals surface area contributed by atoms with Gasteiger partial charge in [-0.05, 0) is 30.2 Å². The van der Waals surface area contributed by atoms with E-state index in [1.807, 2.05) is 35.1 Å². The number of hydrogen-bond donors (Lipinski definition) is 1. The molecule has 1 N–H and O–H groups in total. The highest BCUT2D eigenvalue weighted by Gasteiger charge is 2.17. The standard InChI is InChI=1S/C16H15NO3S/c1-13-7-5-6-10-15(13)21(19,20)17-16(18)12-11-14-8-3-2-4-9-14/h2-12H,1H3,(H,17,18)/b12-11+. The summed E-state index contributed by atoms with van der Waals surface area (Å²) >= 11 is 0. The van der Waals surface area contributed by atoms with Crippen LogP contribution in [0.5, 0.6) is 0 Å². The number of sulfonamides is 1. The van der Waals surface area contributed by atoms with Crippen molar-refractivity contribution in [3.8, 4) is 0 Å². The van der Waals surface area contributed by atoms with Gasteiger partial charge in [0.2, 0.25) is 0 Å². The summed E-state index contributed by atoms with van der Waals surface area (Å²) in [6, 6.07) is 15.7. The van der Waals surface area contributed by atoms with Crippen molar-refractivity contribution in [1.82, 2.24) is 4.72 Å². The minimum absolute atomic E-state index is 0.103. The molecule has 0 radical (unpaired) electrons. The summed E-state index contributed by atoms with van der Waals surface area (Å²) in [4.78, 5) is 11.8. The quantitative estimate of drug-likeness (QED) is 0.883. The number of benzene rings is 2. The van der Waals surface area contributed by atoms with E-state index in [-0.39, 0.29) is 4.90 Å². The number of rotatable bonds is 4. The zero-order valence-electron chi connectivity index (χ0n) is 11.5. The van der Waals surface area contributed by atoms with Gasteiger partial charge in [0, 0.05) is 6.08 Å². The highest BCUT2D eigenvalue weighted by Crippen LogP contribution is 2.13. The Morgan fingerprint density at radius 2 is 1.62 bits per heavy atom. The molecule has 0 saturated carbocycles. The molecule has 21 heavy (non-hydrogen) atoms. The van der Waals surface area contributed by atoms with E-state index in [9.17, 15) is 13.2 Å². The van der Waals surface area contributed by atoms with E-state index in [1.165, 1.54) is 12.1 Å². The van der Waals surface area contributed by atoms with Crippen molar-refractivity contribution < 1.29 is 13.2 Å². The van der Waals surface area contributed by atoms with Gasteiger partial charge in [-0.15, -0.1) is 0 Å². The zero-order chi connectivity index (χ0) is 15.3. The molecule has 0 aliphatic rings. The second-order valence-corrected chi connectivity index (χ2v) is 6.13. The Hall–Kier alpha value is -2.40. The van der Waals surface area contributed by atoms with Crippen molar-refractivity contribution >= 4 is 22.0 Å². The smallest absolute Gasteiger partial charge is 0.264 e. The van der Waals surface area contributed by atoms with E-state index in [1.54, 1.807) is 31.2 Å². The Balaban J connectivity index is 2.13. The van der Waals surface area contributed by atoms with Gasteiger partial charge >= 0.3 is 0 Å². The van der Waals surface area contributed by atoms with Gasteiger partial charge in [0.1, 0.15) is 0 Å². The number of aryl methyl sites for hydroxylation is 1. The fourth-order valence-electron chi connectivity index (χ4n) is 1.82. The first-order valence-electron chi connectivity index (χ1n) is 6.34. The highest BCUT2D eigenvalue weighted by molar-refractivity contribution is 7.90. The number of nitrogens with one attached hydrogen (secondary N) is 1. The maximum Gasteiger partial charge on any atom is 0.264 e. The molecule has 2 aromatic rings. The molecule has 0 aliphatic heterocycles. The van der Waals surface area contributed by atoms with Crippen molar-refractivity contribution in [3.63, 3.8) is 0 Å². The summed E-state index contributed by atoms with van der Waals surface area (Å²) in [5.74, 6) is -0.679. The number of carbonyl (C=O) groups excluding carboxylic acids is 1. The van der Waals surface area contributed by atoms with Gasteiger partial charge in [0.05, 0.1) is 4.90 Å². The molecule has 4 nitrogen and oxygen atoms in total. The molecule has 0 bridgehead atoms. The molecule has 0 saturated heterocycles. The molecule has 0 aromatic heterocycles. The SMILES string of the molecule is Cc1ccccc1S(=O)(=O)NC(=O)/C=C/c1ccccc1. The lowest BCUT2D eigenvalue weighted by atomic mass is 10.2. The average Bonchev–Trinajstić information content (AvgIpc) is 2.46. The maximum atomic E-state index is 12.1. The average molecular weight is 301 g/mol. The van der Waals surface area contributed by atoms with Gasteiger partial charge in [-0.3, -0.25) is 4.79 Å². The fourth-order valence-corrected chi connectivity index (χ4v) is 3.01. The Bertz CT molecular complexity index is 765. The van der Waals surface area contributed by atoms with Crippen molar-refractivity contribution in [1.29, 1.82) is 0 Å². The third-order valence-electron chi connectivity index (χ3n) is 2.84. The van der Waals surface area contributed by atoms with Crippen molar-refractivity contribution in [2.75, 3.05) is 0 Å². The summed E-state index contributed by atoms with van der Waals surface area (Å²) in [5, 5.41) is 0. The molecule has 0 atom stereocenters. The molecule has 0 spiro atoms. The van der Waals surface area contributed by atoms with Gasteiger partial charge in [-0.2, -0.15) is 0 Å². The second-order valence-electron chi connectivity index (χ2n) is 4.48. The number of carbonyl (C=O) groups is 1. The Morgan fingerprint density at radius 3 is 2.29 bits per heavy atom. The largest absolute Gasteiger partial charge is 0.269 e. The van der Waals surface area contributed by atoms with Crippen LogP contribution in [-0.4, -0.2) is 14.3 Å². The molecule has 0 heterocycles. The number of amides is 1. The van der Waals surface area contributed by atoms with Gasteiger partial charge in [-0.25, -0.2) is 13.1 Å². The first-order valence-corrected chi connectivity index (χ1v) is 7.83. The molecule has 1 amide bonds. The molecular formula is C16H15NO3S. The van der Waals surface area contributed by atoms with Crippen LogP contribution in [0.1, 0.15) is 11.1 Å². The first-order chi connectivity index (χ1) is 9.99. The summed E-state index contributed by atoms with van der Waals surface area (Å²) in [6.45, 7) is 1.68. The lowest BCUT2D eigenvalue weighted by Gasteiger charge is -2.07. The molecule has 108 valence electrons. The second kappa shape index (κ2) is 6.37. The summed E-state index contributed by atoms with van der Waals surface area (Å²) in [7, 11) is -3.85. The topological polar surface area (TPSA) is 63.2 Å². The molecule has 2 rings (SSSR count). The van der Waals surface area contributed by atoms with Crippen LogP contribution in [0, 0.1) is 6.92 Å². The van der Waals surface area contributed by atoms with E-state index >= 15 is 0 Å². The molecule has 2 aromatic carbocycles. The van der Waals surface area contributed by atoms with Crippen molar-refractivity contribution in [2.24, 2.45) is 0 Å². The van der Waals surface area contributed by atoms with Crippen LogP contribution in [0.3, 0.4) is 0 Å². The maximum absolute atomic E-state index is 12.1. The summed E-state index contributed by atoms with van der Waals surface area (Å²) in [6.07, 6.45) is 2.76. The van der Waals surface area contributed by atoms with Crippen LogP contribution in [0.4, 0.5) is 0 Å². The van der Waals surface area contributed by atoms with E-state index in [0.717, 1.165) is 5.56 Å². The molecule has 0 aliphatic carbocycles. The summed E-state index contributed by atoms with van der Waals surface area (Å²) < 4.78 is 26.2. The van der Waals surface area contributed by atoms with Crippen LogP contribution < -0.4 is 4.72 Å². The van der Waals surface area contributed by atoms with Crippen molar-refractivity contribution in [3.05, 3.63) is 71.8 Å². The van der Waals surface area contributed by atoms with Gasteiger partial charge in [0.25, 0.3) is 15.9 Å². The minimum Gasteiger partial charge on any atom is -0.269 e. The lowest BCUT2D eigenvalue weighted by Crippen LogP contribution is -2.29. The number of hydrogen-bond acceptors (Lipinski definition) is 3. The van der Waals surface area contributed by atoms with Crippen LogP contribution in [-0.2, 0) is 14.8 Å². The molecule has 0 unspecified atom stereocenters. The van der Waals surface area contributed by atoms with Crippen LogP contribution in [0.25, 0.3) is 6.08 Å². The lowest BCUT2D eigenvalue weighted by molar-refractivity contribution is -0.114. The highest BCUT2D eigenvalue weighted by atomic mass is 32.2. The van der Waals surface area contributed by atoms with Crippen molar-refractivity contribution in [2.45, 2.75) is 11.8 Å². The Labute approximate surface area is 124 Å². The Morgan fingerprint density at radius 1 is 1.00 bits per heavy atom. The Kier molecular flexibility index (Phi) is 4.55. The fraction of sp³-hybridized carbons (Fsp3) is 0.0625. The molecule has 0 fully saturated rings. The minimum atomic E-state index is -3.85. The first kappa shape index (κ1) is 15.0. The van der Waals surface area contributed by atoms with E-state index in [4.69, 9.17) is 0 Å². The van der Waals surface area contributed by atoms with E-state index in [2.05, 4.69) is 0 Å². The third kappa shape index (κ3) is 4.03. The normalized spacial score (nSPS) is 11.5. The van der Waals surface area contributed by atoms with Crippen LogP contribution in [0.2, 0.25) is 0 Å². The third-order valence-corrected chi connectivity index (χ3v) is 4.35. The van der Waals surface area contributed by atoms with E-state index < -0.39 is 15.9 Å². The monoisotopic (exact) mass is 301 g/mol. The molecular weight excluding hydrogens is 286 g/mol. The predicted molar refractivity (Wildman–Crippen MR) is 82.0 cm³/mol. The van der Waals surface area contributed by atoms with Crippen LogP contribution in [0.15, 0.2) is 65.6 Å². The summed E-state index contributed by atoms with van der Waals surface area (Å²) in [5.41, 5.74) is 1.41. The van der Waals surface area contributed by atoms with Crippen LogP contribution >= 0.6 is 0 Å². The van der Waals surface area contributed by atoms with Gasteiger partial charge in [0.15, 0.2) is 0 Å². The predicted octanol–water partition coefficient (Wildman–Crippen LogP) is 2.51. The van der Waals surface area contributed by atoms with E-state index in [0.29, 0.717) is 5.56 Å².